The molecule has 1 saturated heterocycles. The Balaban J connectivity index is 1.87. The Morgan fingerprint density at radius 1 is 0.962 bits per heavy atom. The van der Waals surface area contributed by atoms with E-state index in [4.69, 9.17) is 4.74 Å². The molecule has 2 aromatic carbocycles. The molecule has 4 rings (SSSR count). The number of ether oxygens (including phenoxy) is 1. The number of rotatable bonds is 12. The lowest BCUT2D eigenvalue weighted by atomic mass is 9.88. The summed E-state index contributed by atoms with van der Waals surface area (Å²) in [5.74, 6) is -4.43. The maximum absolute atomic E-state index is 16.8. The van der Waals surface area contributed by atoms with Gasteiger partial charge in [-0.15, -0.1) is 0 Å². The summed E-state index contributed by atoms with van der Waals surface area (Å²) in [6.45, 7) is 16.9. The van der Waals surface area contributed by atoms with Gasteiger partial charge in [-0.05, 0) is 114 Å². The van der Waals surface area contributed by atoms with Crippen LogP contribution in [-0.4, -0.2) is 47.1 Å². The first kappa shape index (κ1) is 40.7. The molecule has 0 saturated carbocycles. The second-order valence-electron chi connectivity index (χ2n) is 14.7. The average molecular weight is 732 g/mol. The molecule has 1 aliphatic rings. The molecule has 284 valence electrons. The highest BCUT2D eigenvalue weighted by Gasteiger charge is 2.40. The zero-order valence-electron chi connectivity index (χ0n) is 31.4. The molecule has 0 spiro atoms. The second-order valence-corrected chi connectivity index (χ2v) is 14.7. The molecule has 1 amide bonds. The van der Waals surface area contributed by atoms with Crippen molar-refractivity contribution in [3.63, 3.8) is 0 Å². The van der Waals surface area contributed by atoms with E-state index >= 15 is 8.78 Å². The summed E-state index contributed by atoms with van der Waals surface area (Å²) in [5.41, 5.74) is 0.393. The van der Waals surface area contributed by atoms with Crippen molar-refractivity contribution >= 4 is 11.9 Å². The molecule has 0 radical (unpaired) electrons. The highest BCUT2D eigenvalue weighted by atomic mass is 19.4. The third kappa shape index (κ3) is 8.93. The van der Waals surface area contributed by atoms with Gasteiger partial charge in [0.05, 0.1) is 24.6 Å². The summed E-state index contributed by atoms with van der Waals surface area (Å²) in [4.78, 5) is 42.8. The number of aromatic nitrogens is 1. The van der Waals surface area contributed by atoms with E-state index in [1.807, 2.05) is 46.8 Å². The predicted octanol–water partition coefficient (Wildman–Crippen LogP) is 8.64. The largest absolute Gasteiger partial charge is 0.466 e. The van der Waals surface area contributed by atoms with Crippen molar-refractivity contribution in [3.05, 3.63) is 91.4 Å². The first-order valence-electron chi connectivity index (χ1n) is 17.8. The summed E-state index contributed by atoms with van der Waals surface area (Å²) in [7, 11) is 0. The number of carbonyl (C=O) groups is 2. The van der Waals surface area contributed by atoms with Gasteiger partial charge in [0.15, 0.2) is 0 Å². The lowest BCUT2D eigenvalue weighted by Crippen LogP contribution is -2.41. The Morgan fingerprint density at radius 3 is 2.13 bits per heavy atom. The Bertz CT molecular complexity index is 1840. The summed E-state index contributed by atoms with van der Waals surface area (Å²) in [6, 6.07) is 2.82. The summed E-state index contributed by atoms with van der Waals surface area (Å²) in [5, 5.41) is 2.63. The standard InChI is InChI=1S/C40H50F5N3O4/c1-10-52-34(50)18-31(36-37(41)26(9)16-28(38(36)42)35-24(7)14-23(6)15-25(35)8)46-39(51)32(13-21(2)3)48-20-29(27-11-12-47(19-27)22(4)5)30(17-33(48)49)40(43,44)45/h14-17,20-22,27,31-32H,10-13,18-19H2,1-9H3,(H,46,51)/t27?,31-,32-/m0/s1. The van der Waals surface area contributed by atoms with Gasteiger partial charge in [-0.1, -0.05) is 31.5 Å². The molecule has 2 heterocycles. The number of aryl methyl sites for hydroxylation is 4. The van der Waals surface area contributed by atoms with Gasteiger partial charge in [-0.3, -0.25) is 14.4 Å². The molecule has 3 aromatic rings. The number of nitrogens with zero attached hydrogens (tertiary/aromatic N) is 2. The Hall–Kier alpha value is -4.06. The molecule has 1 unspecified atom stereocenters. The van der Waals surface area contributed by atoms with E-state index in [0.29, 0.717) is 31.1 Å². The van der Waals surface area contributed by atoms with E-state index in [-0.39, 0.29) is 41.7 Å². The SMILES string of the molecule is CCOC(=O)C[C@H](NC(=O)[C@H](CC(C)C)n1cc(C2CCN(C(C)C)C2)c(C(F)(F)F)cc1=O)c1c(F)c(C)cc(-c2c(C)cc(C)cc2C)c1F. The number of carbonyl (C=O) groups excluding carboxylic acids is 2. The molecule has 1 fully saturated rings. The van der Waals surface area contributed by atoms with Crippen molar-refractivity contribution in [2.24, 2.45) is 5.92 Å². The van der Waals surface area contributed by atoms with Crippen LogP contribution in [0.3, 0.4) is 0 Å². The highest BCUT2D eigenvalue weighted by molar-refractivity contribution is 5.82. The van der Waals surface area contributed by atoms with Crippen molar-refractivity contribution in [1.29, 1.82) is 0 Å². The summed E-state index contributed by atoms with van der Waals surface area (Å²) in [6.07, 6.45) is -3.89. The number of pyridine rings is 1. The topological polar surface area (TPSA) is 80.6 Å². The van der Waals surface area contributed by atoms with Crippen molar-refractivity contribution in [2.45, 2.75) is 112 Å². The lowest BCUT2D eigenvalue weighted by Gasteiger charge is -2.28. The van der Waals surface area contributed by atoms with Crippen LogP contribution in [-0.2, 0) is 20.5 Å². The third-order valence-electron chi connectivity index (χ3n) is 9.84. The fourth-order valence-electron chi connectivity index (χ4n) is 7.45. The Kier molecular flexibility index (Phi) is 12.8. The minimum atomic E-state index is -4.81. The molecular weight excluding hydrogens is 681 g/mol. The molecule has 7 nitrogen and oxygen atoms in total. The molecular formula is C40H50F5N3O4. The molecule has 0 aliphatic carbocycles. The fraction of sp³-hybridized carbons (Fsp3) is 0.525. The molecule has 3 atom stereocenters. The molecule has 1 aromatic heterocycles. The number of esters is 1. The zero-order chi connectivity index (χ0) is 38.8. The van der Waals surface area contributed by atoms with Crippen molar-refractivity contribution in [3.8, 4) is 11.1 Å². The number of hydrogen-bond acceptors (Lipinski definition) is 5. The van der Waals surface area contributed by atoms with Crippen LogP contribution in [0, 0.1) is 45.2 Å². The molecule has 1 N–H and O–H groups in total. The Labute approximate surface area is 302 Å². The fourth-order valence-corrected chi connectivity index (χ4v) is 7.45. The average Bonchev–Trinajstić information content (AvgIpc) is 3.52. The minimum absolute atomic E-state index is 0.0112. The van der Waals surface area contributed by atoms with Gasteiger partial charge in [-0.2, -0.15) is 13.2 Å². The van der Waals surface area contributed by atoms with Crippen LogP contribution < -0.4 is 10.9 Å². The van der Waals surface area contributed by atoms with E-state index in [0.717, 1.165) is 27.5 Å². The van der Waals surface area contributed by atoms with Gasteiger partial charge >= 0.3 is 12.1 Å². The van der Waals surface area contributed by atoms with Crippen molar-refractivity contribution in [2.75, 3.05) is 19.7 Å². The quantitative estimate of drug-likeness (QED) is 0.149. The monoisotopic (exact) mass is 731 g/mol. The minimum Gasteiger partial charge on any atom is -0.466 e. The lowest BCUT2D eigenvalue weighted by molar-refractivity contribution is -0.144. The molecule has 1 aliphatic heterocycles. The van der Waals surface area contributed by atoms with Crippen LogP contribution in [0.25, 0.3) is 11.1 Å². The normalized spacial score (nSPS) is 16.4. The summed E-state index contributed by atoms with van der Waals surface area (Å²) >= 11 is 0. The van der Waals surface area contributed by atoms with Crippen molar-refractivity contribution in [1.82, 2.24) is 14.8 Å². The van der Waals surface area contributed by atoms with Crippen LogP contribution in [0.15, 0.2) is 35.3 Å². The maximum atomic E-state index is 16.8. The third-order valence-corrected chi connectivity index (χ3v) is 9.84. The first-order valence-corrected chi connectivity index (χ1v) is 17.8. The number of likely N-dealkylation sites (tertiary alicyclic amines) is 1. The van der Waals surface area contributed by atoms with Gasteiger partial charge in [0, 0.05) is 36.0 Å². The van der Waals surface area contributed by atoms with Gasteiger partial charge in [0.25, 0.3) is 5.56 Å². The van der Waals surface area contributed by atoms with Crippen LogP contribution in [0.4, 0.5) is 22.0 Å². The first-order chi connectivity index (χ1) is 24.2. The summed E-state index contributed by atoms with van der Waals surface area (Å²) < 4.78 is 82.1. The van der Waals surface area contributed by atoms with Gasteiger partial charge in [0.2, 0.25) is 5.91 Å². The number of nitrogens with one attached hydrogen (secondary N) is 1. The predicted molar refractivity (Wildman–Crippen MR) is 191 cm³/mol. The van der Waals surface area contributed by atoms with E-state index in [9.17, 15) is 27.6 Å². The number of halogens is 5. The van der Waals surface area contributed by atoms with E-state index < -0.39 is 70.8 Å². The maximum Gasteiger partial charge on any atom is 0.416 e. The van der Waals surface area contributed by atoms with E-state index in [2.05, 4.69) is 10.2 Å². The Morgan fingerprint density at radius 2 is 1.60 bits per heavy atom. The van der Waals surface area contributed by atoms with Crippen molar-refractivity contribution < 1.29 is 36.3 Å². The second kappa shape index (κ2) is 16.3. The smallest absolute Gasteiger partial charge is 0.416 e. The number of amides is 1. The van der Waals surface area contributed by atoms with Gasteiger partial charge in [-0.25, -0.2) is 8.78 Å². The van der Waals surface area contributed by atoms with Gasteiger partial charge in [0.1, 0.15) is 17.7 Å². The molecule has 0 bridgehead atoms. The van der Waals surface area contributed by atoms with Crippen LogP contribution in [0.2, 0.25) is 0 Å². The van der Waals surface area contributed by atoms with Gasteiger partial charge < -0.3 is 19.5 Å². The zero-order valence-corrected chi connectivity index (χ0v) is 31.4. The molecule has 12 heteroatoms. The van der Waals surface area contributed by atoms with Crippen LogP contribution >= 0.6 is 0 Å². The number of alkyl halides is 3. The molecule has 52 heavy (non-hydrogen) atoms. The van der Waals surface area contributed by atoms with E-state index in [1.54, 1.807) is 20.8 Å². The number of benzene rings is 2. The van der Waals surface area contributed by atoms with Crippen LogP contribution in [0.5, 0.6) is 0 Å². The van der Waals surface area contributed by atoms with Crippen LogP contribution in [0.1, 0.15) is 111 Å². The highest BCUT2D eigenvalue weighted by Crippen LogP contribution is 2.40. The van der Waals surface area contributed by atoms with E-state index in [1.165, 1.54) is 13.0 Å². The number of hydrogen-bond donors (Lipinski definition) is 1.